The fraction of sp³-hybridized carbons (Fsp3) is 0.182. The first-order valence-electron chi connectivity index (χ1n) is 8.81. The van der Waals surface area contributed by atoms with E-state index >= 15 is 0 Å². The summed E-state index contributed by atoms with van der Waals surface area (Å²) < 4.78 is 0. The summed E-state index contributed by atoms with van der Waals surface area (Å²) in [5.74, 6) is -0.413. The van der Waals surface area contributed by atoms with Gasteiger partial charge in [-0.1, -0.05) is 66.2 Å². The lowest BCUT2D eigenvalue weighted by Crippen LogP contribution is -2.38. The van der Waals surface area contributed by atoms with E-state index in [1.807, 2.05) is 61.5 Å². The van der Waals surface area contributed by atoms with Gasteiger partial charge in [-0.15, -0.1) is 0 Å². The van der Waals surface area contributed by atoms with E-state index in [9.17, 15) is 9.59 Å². The van der Waals surface area contributed by atoms with Gasteiger partial charge in [-0.25, -0.2) is 0 Å². The minimum atomic E-state index is -0.233. The quantitative estimate of drug-likeness (QED) is 0.678. The lowest BCUT2D eigenvalue weighted by atomic mass is 10.0. The van der Waals surface area contributed by atoms with Crippen molar-refractivity contribution < 1.29 is 9.59 Å². The molecular weight excluding hydrogens is 360 g/mol. The van der Waals surface area contributed by atoms with Crippen molar-refractivity contribution in [1.29, 1.82) is 0 Å². The molecule has 0 bridgehead atoms. The smallest absolute Gasteiger partial charge is 0.239 e. The summed E-state index contributed by atoms with van der Waals surface area (Å²) in [4.78, 5) is 24.4. The van der Waals surface area contributed by atoms with Gasteiger partial charge in [0.05, 0.1) is 19.0 Å². The second kappa shape index (κ2) is 8.69. The van der Waals surface area contributed by atoms with Crippen molar-refractivity contribution >= 4 is 34.2 Å². The van der Waals surface area contributed by atoms with Crippen LogP contribution in [0.25, 0.3) is 10.8 Å². The van der Waals surface area contributed by atoms with Crippen LogP contribution in [0.15, 0.2) is 66.7 Å². The first-order chi connectivity index (χ1) is 13.0. The highest BCUT2D eigenvalue weighted by molar-refractivity contribution is 6.30. The highest BCUT2D eigenvalue weighted by Gasteiger charge is 2.12. The van der Waals surface area contributed by atoms with E-state index in [-0.39, 0.29) is 30.8 Å². The molecule has 1 atom stereocenters. The molecule has 5 heteroatoms. The maximum Gasteiger partial charge on any atom is 0.239 e. The van der Waals surface area contributed by atoms with Crippen molar-refractivity contribution in [2.24, 2.45) is 0 Å². The Morgan fingerprint density at radius 1 is 0.926 bits per heavy atom. The zero-order valence-electron chi connectivity index (χ0n) is 15.0. The van der Waals surface area contributed by atoms with Crippen LogP contribution in [0.4, 0.5) is 0 Å². The van der Waals surface area contributed by atoms with E-state index in [4.69, 9.17) is 11.6 Å². The largest absolute Gasteiger partial charge is 0.348 e. The Bertz CT molecular complexity index is 949. The average molecular weight is 381 g/mol. The minimum absolute atomic E-state index is 0.0540. The molecule has 138 valence electrons. The molecule has 0 aromatic heterocycles. The van der Waals surface area contributed by atoms with Crippen LogP contribution in [0.3, 0.4) is 0 Å². The summed E-state index contributed by atoms with van der Waals surface area (Å²) >= 11 is 5.87. The number of halogens is 1. The molecule has 0 spiro atoms. The first-order valence-corrected chi connectivity index (χ1v) is 9.19. The van der Waals surface area contributed by atoms with E-state index in [2.05, 4.69) is 10.6 Å². The van der Waals surface area contributed by atoms with Crippen LogP contribution in [-0.4, -0.2) is 18.4 Å². The van der Waals surface area contributed by atoms with Gasteiger partial charge in [0.2, 0.25) is 11.8 Å². The van der Waals surface area contributed by atoms with E-state index in [1.165, 1.54) is 0 Å². The monoisotopic (exact) mass is 380 g/mol. The molecule has 2 amide bonds. The highest BCUT2D eigenvalue weighted by Crippen LogP contribution is 2.19. The Morgan fingerprint density at radius 3 is 2.41 bits per heavy atom. The van der Waals surface area contributed by atoms with Gasteiger partial charge in [0.25, 0.3) is 0 Å². The topological polar surface area (TPSA) is 58.2 Å². The Hall–Kier alpha value is -2.85. The molecule has 27 heavy (non-hydrogen) atoms. The third kappa shape index (κ3) is 5.08. The standard InChI is InChI=1S/C22H21ClN2O2/c1-15(16-9-11-19(23)12-10-16)25-22(27)14-24-21(26)13-18-7-4-6-17-5-2-3-8-20(17)18/h2-12,15H,13-14H2,1H3,(H,24,26)(H,25,27)/t15-/m0/s1. The van der Waals surface area contributed by atoms with E-state index < -0.39 is 0 Å². The van der Waals surface area contributed by atoms with Crippen molar-refractivity contribution in [1.82, 2.24) is 10.6 Å². The number of amides is 2. The summed E-state index contributed by atoms with van der Waals surface area (Å²) in [5.41, 5.74) is 1.90. The first kappa shape index (κ1) is 18.9. The molecule has 0 aliphatic heterocycles. The molecule has 4 nitrogen and oxygen atoms in total. The number of hydrogen-bond donors (Lipinski definition) is 2. The average Bonchev–Trinajstić information content (AvgIpc) is 2.67. The molecule has 0 saturated carbocycles. The molecule has 0 heterocycles. The van der Waals surface area contributed by atoms with Gasteiger partial charge in [0.15, 0.2) is 0 Å². The van der Waals surface area contributed by atoms with E-state index in [0.717, 1.165) is 21.9 Å². The third-order valence-corrected chi connectivity index (χ3v) is 4.68. The van der Waals surface area contributed by atoms with Crippen molar-refractivity contribution in [2.75, 3.05) is 6.54 Å². The van der Waals surface area contributed by atoms with Gasteiger partial charge in [-0.3, -0.25) is 9.59 Å². The van der Waals surface area contributed by atoms with Crippen molar-refractivity contribution in [3.8, 4) is 0 Å². The van der Waals surface area contributed by atoms with Crippen molar-refractivity contribution in [3.05, 3.63) is 82.9 Å². The summed E-state index contributed by atoms with van der Waals surface area (Å²) in [6.07, 6.45) is 0.237. The maximum atomic E-state index is 12.2. The molecular formula is C22H21ClN2O2. The summed E-state index contributed by atoms with van der Waals surface area (Å²) in [6, 6.07) is 21.0. The number of fused-ring (bicyclic) bond motifs is 1. The molecule has 0 unspecified atom stereocenters. The third-order valence-electron chi connectivity index (χ3n) is 4.42. The minimum Gasteiger partial charge on any atom is -0.348 e. The van der Waals surface area contributed by atoms with Crippen LogP contribution in [-0.2, 0) is 16.0 Å². The Kier molecular flexibility index (Phi) is 6.09. The highest BCUT2D eigenvalue weighted by atomic mass is 35.5. The molecule has 3 rings (SSSR count). The van der Waals surface area contributed by atoms with Crippen LogP contribution in [0.2, 0.25) is 5.02 Å². The van der Waals surface area contributed by atoms with Crippen molar-refractivity contribution in [2.45, 2.75) is 19.4 Å². The van der Waals surface area contributed by atoms with Crippen LogP contribution >= 0.6 is 11.6 Å². The zero-order chi connectivity index (χ0) is 19.2. The van der Waals surface area contributed by atoms with Crippen LogP contribution in [0, 0.1) is 0 Å². The molecule has 3 aromatic rings. The summed E-state index contributed by atoms with van der Waals surface area (Å²) in [6.45, 7) is 1.83. The van der Waals surface area contributed by atoms with Gasteiger partial charge in [-0.2, -0.15) is 0 Å². The van der Waals surface area contributed by atoms with E-state index in [1.54, 1.807) is 12.1 Å². The molecule has 0 fully saturated rings. The SMILES string of the molecule is C[C@H](NC(=O)CNC(=O)Cc1cccc2ccccc12)c1ccc(Cl)cc1. The van der Waals surface area contributed by atoms with Crippen LogP contribution < -0.4 is 10.6 Å². The lowest BCUT2D eigenvalue weighted by Gasteiger charge is -2.15. The Morgan fingerprint density at radius 2 is 1.63 bits per heavy atom. The number of carbonyl (C=O) groups is 2. The number of rotatable bonds is 6. The van der Waals surface area contributed by atoms with Crippen molar-refractivity contribution in [3.63, 3.8) is 0 Å². The lowest BCUT2D eigenvalue weighted by molar-refractivity contribution is -0.126. The molecule has 2 N–H and O–H groups in total. The second-order valence-electron chi connectivity index (χ2n) is 6.43. The fourth-order valence-corrected chi connectivity index (χ4v) is 3.11. The van der Waals surface area contributed by atoms with Gasteiger partial charge in [-0.05, 0) is 41.0 Å². The number of carbonyl (C=O) groups excluding carboxylic acids is 2. The van der Waals surface area contributed by atoms with Gasteiger partial charge in [0.1, 0.15) is 0 Å². The Labute approximate surface area is 163 Å². The molecule has 0 saturated heterocycles. The Balaban J connectivity index is 1.52. The fourth-order valence-electron chi connectivity index (χ4n) is 2.99. The van der Waals surface area contributed by atoms with Crippen LogP contribution in [0.5, 0.6) is 0 Å². The van der Waals surface area contributed by atoms with Crippen LogP contribution in [0.1, 0.15) is 24.1 Å². The second-order valence-corrected chi connectivity index (χ2v) is 6.87. The predicted octanol–water partition coefficient (Wildman–Crippen LogP) is 4.03. The molecule has 0 radical (unpaired) electrons. The molecule has 3 aromatic carbocycles. The zero-order valence-corrected chi connectivity index (χ0v) is 15.8. The number of benzene rings is 3. The van der Waals surface area contributed by atoms with Gasteiger partial charge in [0, 0.05) is 5.02 Å². The maximum absolute atomic E-state index is 12.2. The van der Waals surface area contributed by atoms with Gasteiger partial charge >= 0.3 is 0 Å². The summed E-state index contributed by atoms with van der Waals surface area (Å²) in [5, 5.41) is 8.35. The van der Waals surface area contributed by atoms with E-state index in [0.29, 0.717) is 5.02 Å². The predicted molar refractivity (Wildman–Crippen MR) is 109 cm³/mol. The molecule has 0 aliphatic carbocycles. The molecule has 0 aliphatic rings. The number of nitrogens with one attached hydrogen (secondary N) is 2. The van der Waals surface area contributed by atoms with Gasteiger partial charge < -0.3 is 10.6 Å². The normalized spacial score (nSPS) is 11.8. The number of hydrogen-bond acceptors (Lipinski definition) is 2. The summed E-state index contributed by atoms with van der Waals surface area (Å²) in [7, 11) is 0.